The van der Waals surface area contributed by atoms with E-state index in [2.05, 4.69) is 16.7 Å². The molecule has 1 fully saturated rings. The van der Waals surface area contributed by atoms with Crippen LogP contribution in [0, 0.1) is 20.8 Å². The summed E-state index contributed by atoms with van der Waals surface area (Å²) in [4.78, 5) is 30.0. The quantitative estimate of drug-likeness (QED) is 0.627. The Morgan fingerprint density at radius 3 is 1.88 bits per heavy atom. The highest BCUT2D eigenvalue weighted by Crippen LogP contribution is 2.24. The van der Waals surface area contributed by atoms with E-state index in [1.54, 1.807) is 31.4 Å². The molecule has 0 saturated carbocycles. The van der Waals surface area contributed by atoms with Crippen LogP contribution in [0.1, 0.15) is 37.7 Å². The van der Waals surface area contributed by atoms with Gasteiger partial charge >= 0.3 is 0 Å². The zero-order valence-corrected chi connectivity index (χ0v) is 19.1. The zero-order valence-electron chi connectivity index (χ0n) is 19.1. The van der Waals surface area contributed by atoms with Gasteiger partial charge in [-0.1, -0.05) is 11.6 Å². The Bertz CT molecular complexity index is 1120. The summed E-state index contributed by atoms with van der Waals surface area (Å²) in [5, 5.41) is 0. The molecule has 0 unspecified atom stereocenters. The van der Waals surface area contributed by atoms with Gasteiger partial charge in [-0.15, -0.1) is 0 Å². The zero-order chi connectivity index (χ0) is 22.8. The summed E-state index contributed by atoms with van der Waals surface area (Å²) in [6.07, 6.45) is 0. The van der Waals surface area contributed by atoms with Crippen LogP contribution in [0.5, 0.6) is 5.75 Å². The number of ether oxygens (including phenoxy) is 1. The summed E-state index contributed by atoms with van der Waals surface area (Å²) in [7, 11) is 1.60. The molecule has 0 radical (unpaired) electrons. The van der Waals surface area contributed by atoms with E-state index in [1.165, 1.54) is 0 Å². The summed E-state index contributed by atoms with van der Waals surface area (Å²) >= 11 is 0. The Morgan fingerprint density at radius 1 is 0.750 bits per heavy atom. The van der Waals surface area contributed by atoms with Crippen LogP contribution in [0.15, 0.2) is 54.6 Å². The third-order valence-electron chi connectivity index (χ3n) is 6.09. The molecule has 1 aliphatic heterocycles. The number of hydrogen-bond acceptors (Lipinski definition) is 3. The summed E-state index contributed by atoms with van der Waals surface area (Å²) in [5.74, 6) is 0.710. The molecule has 3 aromatic rings. The fourth-order valence-electron chi connectivity index (χ4n) is 4.26. The first kappa shape index (κ1) is 21.7. The van der Waals surface area contributed by atoms with Crippen molar-refractivity contribution in [3.05, 3.63) is 82.7 Å². The highest BCUT2D eigenvalue weighted by atomic mass is 16.5. The Kier molecular flexibility index (Phi) is 6.04. The second-order valence-corrected chi connectivity index (χ2v) is 8.29. The molecule has 1 saturated heterocycles. The van der Waals surface area contributed by atoms with E-state index >= 15 is 0 Å². The number of nitrogens with zero attached hydrogens (tertiary/aromatic N) is 3. The van der Waals surface area contributed by atoms with Gasteiger partial charge in [-0.25, -0.2) is 0 Å². The number of carbonyl (C=O) groups excluding carboxylic acids is 2. The highest BCUT2D eigenvalue weighted by molar-refractivity contribution is 5.99. The number of carbonyl (C=O) groups is 2. The predicted octanol–water partition coefficient (Wildman–Crippen LogP) is 4.01. The van der Waals surface area contributed by atoms with Crippen molar-refractivity contribution >= 4 is 11.8 Å². The Hall–Kier alpha value is -3.54. The Labute approximate surface area is 189 Å². The lowest BCUT2D eigenvalue weighted by molar-refractivity contribution is 0.0535. The molecule has 0 spiro atoms. The minimum Gasteiger partial charge on any atom is -0.497 e. The van der Waals surface area contributed by atoms with Crippen LogP contribution in [0.3, 0.4) is 0 Å². The lowest BCUT2D eigenvalue weighted by Crippen LogP contribution is -2.50. The SMILES string of the molecule is COc1ccc(C(=O)N2CCN(C(=O)c3cc(C)ccc3-n3c(C)ccc3C)CC2)cc1. The third-order valence-corrected chi connectivity index (χ3v) is 6.09. The molecule has 166 valence electrons. The maximum Gasteiger partial charge on any atom is 0.256 e. The maximum absolute atomic E-state index is 13.5. The van der Waals surface area contributed by atoms with E-state index in [4.69, 9.17) is 4.74 Å². The molecule has 4 rings (SSSR count). The van der Waals surface area contributed by atoms with Crippen molar-refractivity contribution in [3.63, 3.8) is 0 Å². The van der Waals surface area contributed by atoms with E-state index in [9.17, 15) is 9.59 Å². The molecule has 0 bridgehead atoms. The molecule has 6 heteroatoms. The van der Waals surface area contributed by atoms with Crippen LogP contribution in [-0.4, -0.2) is 59.5 Å². The second-order valence-electron chi connectivity index (χ2n) is 8.29. The number of methoxy groups -OCH3 is 1. The fraction of sp³-hybridized carbons (Fsp3) is 0.308. The van der Waals surface area contributed by atoms with Crippen molar-refractivity contribution in [2.75, 3.05) is 33.3 Å². The van der Waals surface area contributed by atoms with Gasteiger partial charge in [-0.2, -0.15) is 0 Å². The molecule has 0 atom stereocenters. The molecule has 1 aromatic heterocycles. The number of benzene rings is 2. The number of amides is 2. The smallest absolute Gasteiger partial charge is 0.256 e. The van der Waals surface area contributed by atoms with E-state index < -0.39 is 0 Å². The number of hydrogen-bond donors (Lipinski definition) is 0. The van der Waals surface area contributed by atoms with E-state index in [0.717, 1.165) is 28.4 Å². The first-order valence-corrected chi connectivity index (χ1v) is 10.9. The standard InChI is InChI=1S/C26H29N3O3/c1-18-5-12-24(29-19(2)6-7-20(29)3)23(17-18)26(31)28-15-13-27(14-16-28)25(30)21-8-10-22(32-4)11-9-21/h5-12,17H,13-16H2,1-4H3. The molecule has 6 nitrogen and oxygen atoms in total. The van der Waals surface area contributed by atoms with Crippen molar-refractivity contribution in [3.8, 4) is 11.4 Å². The Morgan fingerprint density at radius 2 is 1.31 bits per heavy atom. The summed E-state index contributed by atoms with van der Waals surface area (Å²) < 4.78 is 7.29. The minimum absolute atomic E-state index is 0.00717. The van der Waals surface area contributed by atoms with Crippen molar-refractivity contribution in [1.82, 2.24) is 14.4 Å². The lowest BCUT2D eigenvalue weighted by atomic mass is 10.1. The van der Waals surface area contributed by atoms with Gasteiger partial charge in [0.15, 0.2) is 0 Å². The van der Waals surface area contributed by atoms with Crippen molar-refractivity contribution in [1.29, 1.82) is 0 Å². The van der Waals surface area contributed by atoms with Crippen LogP contribution in [0.2, 0.25) is 0 Å². The third kappa shape index (κ3) is 4.13. The molecule has 2 amide bonds. The summed E-state index contributed by atoms with van der Waals surface area (Å²) in [6, 6.07) is 17.3. The normalized spacial score (nSPS) is 13.9. The number of aromatic nitrogens is 1. The van der Waals surface area contributed by atoms with Crippen LogP contribution in [0.4, 0.5) is 0 Å². The van der Waals surface area contributed by atoms with E-state index in [1.807, 2.05) is 48.8 Å². The number of rotatable bonds is 4. The molecule has 0 N–H and O–H groups in total. The van der Waals surface area contributed by atoms with Crippen molar-refractivity contribution < 1.29 is 14.3 Å². The van der Waals surface area contributed by atoms with Crippen LogP contribution < -0.4 is 4.74 Å². The highest BCUT2D eigenvalue weighted by Gasteiger charge is 2.27. The first-order chi connectivity index (χ1) is 15.4. The maximum atomic E-state index is 13.5. The molecular formula is C26H29N3O3. The molecular weight excluding hydrogens is 402 g/mol. The topological polar surface area (TPSA) is 54.8 Å². The van der Waals surface area contributed by atoms with Crippen LogP contribution >= 0.6 is 0 Å². The van der Waals surface area contributed by atoms with Gasteiger partial charge in [-0.3, -0.25) is 9.59 Å². The largest absolute Gasteiger partial charge is 0.497 e. The van der Waals surface area contributed by atoms with Gasteiger partial charge in [0.25, 0.3) is 11.8 Å². The molecule has 32 heavy (non-hydrogen) atoms. The number of piperazine rings is 1. The monoisotopic (exact) mass is 431 g/mol. The van der Waals surface area contributed by atoms with E-state index in [0.29, 0.717) is 37.3 Å². The average molecular weight is 432 g/mol. The summed E-state index contributed by atoms with van der Waals surface area (Å²) in [6.45, 7) is 8.14. The molecule has 1 aliphatic rings. The average Bonchev–Trinajstić information content (AvgIpc) is 3.16. The summed E-state index contributed by atoms with van der Waals surface area (Å²) in [5.41, 5.74) is 5.46. The van der Waals surface area contributed by atoms with Gasteiger partial charge in [0, 0.05) is 43.1 Å². The predicted molar refractivity (Wildman–Crippen MR) is 125 cm³/mol. The molecule has 2 heterocycles. The van der Waals surface area contributed by atoms with Crippen LogP contribution in [-0.2, 0) is 0 Å². The van der Waals surface area contributed by atoms with Crippen LogP contribution in [0.25, 0.3) is 5.69 Å². The van der Waals surface area contributed by atoms with Gasteiger partial charge in [-0.05, 0) is 69.3 Å². The van der Waals surface area contributed by atoms with Gasteiger partial charge in [0.2, 0.25) is 0 Å². The second kappa shape index (κ2) is 8.91. The van der Waals surface area contributed by atoms with Crippen molar-refractivity contribution in [2.45, 2.75) is 20.8 Å². The molecule has 0 aliphatic carbocycles. The fourth-order valence-corrected chi connectivity index (χ4v) is 4.26. The minimum atomic E-state index is -0.0189. The van der Waals surface area contributed by atoms with Crippen molar-refractivity contribution in [2.24, 2.45) is 0 Å². The van der Waals surface area contributed by atoms with E-state index in [-0.39, 0.29) is 11.8 Å². The first-order valence-electron chi connectivity index (χ1n) is 10.9. The lowest BCUT2D eigenvalue weighted by Gasteiger charge is -2.35. The number of aryl methyl sites for hydroxylation is 3. The Balaban J connectivity index is 1.50. The van der Waals surface area contributed by atoms with Gasteiger partial charge in [0.05, 0.1) is 18.4 Å². The van der Waals surface area contributed by atoms with Gasteiger partial charge < -0.3 is 19.1 Å². The molecule has 2 aromatic carbocycles. The van der Waals surface area contributed by atoms with Gasteiger partial charge in [0.1, 0.15) is 5.75 Å².